The van der Waals surface area contributed by atoms with E-state index in [-0.39, 0.29) is 5.82 Å². The second kappa shape index (κ2) is 4.63. The molecule has 1 N–H and O–H groups in total. The third-order valence-electron chi connectivity index (χ3n) is 2.64. The van der Waals surface area contributed by atoms with Crippen LogP contribution in [0.4, 0.5) is 11.6 Å². The van der Waals surface area contributed by atoms with Gasteiger partial charge in [-0.3, -0.25) is 0 Å². The zero-order valence-electron chi connectivity index (χ0n) is 9.99. The number of aromatic nitrogens is 2. The van der Waals surface area contributed by atoms with Gasteiger partial charge in [0.15, 0.2) is 0 Å². The van der Waals surface area contributed by atoms with Crippen molar-refractivity contribution in [3.05, 3.63) is 43.6 Å². The van der Waals surface area contributed by atoms with Crippen molar-refractivity contribution in [2.24, 2.45) is 0 Å². The Labute approximate surface area is 116 Å². The highest BCUT2D eigenvalue weighted by molar-refractivity contribution is 7.15. The number of thiazole rings is 1. The van der Waals surface area contributed by atoms with E-state index in [9.17, 15) is 10.1 Å². The van der Waals surface area contributed by atoms with Gasteiger partial charge in [0.1, 0.15) is 6.20 Å². The molecule has 0 aromatic carbocycles. The van der Waals surface area contributed by atoms with Gasteiger partial charge in [-0.2, -0.15) is 9.38 Å². The smallest absolute Gasteiger partial charge is 0.358 e. The van der Waals surface area contributed by atoms with Crippen LogP contribution in [0.3, 0.4) is 0 Å². The first-order valence-electron chi connectivity index (χ1n) is 5.54. The summed E-state index contributed by atoms with van der Waals surface area (Å²) in [7, 11) is 0. The van der Waals surface area contributed by atoms with Crippen molar-refractivity contribution in [3.63, 3.8) is 0 Å². The molecule has 0 aliphatic rings. The van der Waals surface area contributed by atoms with E-state index < -0.39 is 4.92 Å². The lowest BCUT2D eigenvalue weighted by atomic mass is 10.4. The van der Waals surface area contributed by atoms with Gasteiger partial charge in [0.05, 0.1) is 6.54 Å². The van der Waals surface area contributed by atoms with E-state index >= 15 is 0 Å². The van der Waals surface area contributed by atoms with Gasteiger partial charge in [0.25, 0.3) is 4.96 Å². The Morgan fingerprint density at radius 1 is 1.53 bits per heavy atom. The van der Waals surface area contributed by atoms with E-state index in [0.717, 1.165) is 4.88 Å². The minimum absolute atomic E-state index is 0.00970. The fourth-order valence-electron chi connectivity index (χ4n) is 1.82. The molecule has 3 aromatic rings. The van der Waals surface area contributed by atoms with Gasteiger partial charge in [-0.1, -0.05) is 11.3 Å². The fraction of sp³-hybridized carbons (Fsp3) is 0.182. The first-order chi connectivity index (χ1) is 9.15. The molecular formula is C11H10N4O2S2. The van der Waals surface area contributed by atoms with Crippen LogP contribution in [0, 0.1) is 17.0 Å². The van der Waals surface area contributed by atoms with Crippen LogP contribution in [-0.2, 0) is 6.54 Å². The summed E-state index contributed by atoms with van der Waals surface area (Å²) < 4.78 is 1.49. The topological polar surface area (TPSA) is 72.5 Å². The van der Waals surface area contributed by atoms with Crippen LogP contribution in [0.15, 0.2) is 23.7 Å². The lowest BCUT2D eigenvalue weighted by molar-refractivity contribution is -0.389. The van der Waals surface area contributed by atoms with Gasteiger partial charge < -0.3 is 15.4 Å². The van der Waals surface area contributed by atoms with Crippen LogP contribution in [0.1, 0.15) is 9.75 Å². The highest BCUT2D eigenvalue weighted by Gasteiger charge is 2.23. The van der Waals surface area contributed by atoms with Crippen molar-refractivity contribution in [1.29, 1.82) is 0 Å². The molecule has 19 heavy (non-hydrogen) atoms. The minimum atomic E-state index is -0.408. The molecule has 0 saturated heterocycles. The summed E-state index contributed by atoms with van der Waals surface area (Å²) in [5.74, 6) is 0.312. The SMILES string of the molecule is Cc1ccc(CNc2nc3sccn3c2[N+](=O)[O-])s1. The number of nitro groups is 1. The Kier molecular flexibility index (Phi) is 2.96. The molecule has 0 saturated carbocycles. The zero-order chi connectivity index (χ0) is 13.4. The molecule has 0 aliphatic heterocycles. The van der Waals surface area contributed by atoms with Gasteiger partial charge in [0.2, 0.25) is 5.82 Å². The molecule has 8 heteroatoms. The van der Waals surface area contributed by atoms with Gasteiger partial charge in [-0.05, 0) is 24.0 Å². The predicted octanol–water partition coefficient (Wildman–Crippen LogP) is 3.29. The molecule has 0 unspecified atom stereocenters. The van der Waals surface area contributed by atoms with Crippen molar-refractivity contribution in [1.82, 2.24) is 9.38 Å². The van der Waals surface area contributed by atoms with Crippen molar-refractivity contribution in [2.45, 2.75) is 13.5 Å². The van der Waals surface area contributed by atoms with Crippen LogP contribution in [0.25, 0.3) is 4.96 Å². The normalized spacial score (nSPS) is 11.0. The molecule has 98 valence electrons. The van der Waals surface area contributed by atoms with Crippen molar-refractivity contribution in [2.75, 3.05) is 5.32 Å². The molecule has 0 radical (unpaired) electrons. The number of imidazole rings is 1. The lowest BCUT2D eigenvalue weighted by Gasteiger charge is -2.01. The number of rotatable bonds is 4. The Bertz CT molecular complexity index is 743. The number of hydrogen-bond acceptors (Lipinski definition) is 6. The molecule has 0 amide bonds. The van der Waals surface area contributed by atoms with E-state index in [2.05, 4.69) is 10.3 Å². The molecule has 0 atom stereocenters. The summed E-state index contributed by atoms with van der Waals surface area (Å²) in [5.41, 5.74) is 0. The number of aryl methyl sites for hydroxylation is 1. The fourth-order valence-corrected chi connectivity index (χ4v) is 3.36. The van der Waals surface area contributed by atoms with Crippen molar-refractivity contribution < 1.29 is 4.92 Å². The van der Waals surface area contributed by atoms with Gasteiger partial charge in [-0.15, -0.1) is 11.3 Å². The second-order valence-corrected chi connectivity index (χ2v) is 6.21. The van der Waals surface area contributed by atoms with Gasteiger partial charge in [-0.25, -0.2) is 0 Å². The van der Waals surface area contributed by atoms with E-state index in [1.165, 1.54) is 20.6 Å². The highest BCUT2D eigenvalue weighted by atomic mass is 32.1. The predicted molar refractivity (Wildman–Crippen MR) is 76.1 cm³/mol. The Morgan fingerprint density at radius 2 is 2.37 bits per heavy atom. The zero-order valence-corrected chi connectivity index (χ0v) is 11.6. The molecule has 6 nitrogen and oxygen atoms in total. The first kappa shape index (κ1) is 12.1. The third-order valence-corrected chi connectivity index (χ3v) is 4.39. The number of anilines is 1. The number of fused-ring (bicyclic) bond motifs is 1. The maximum atomic E-state index is 11.1. The van der Waals surface area contributed by atoms with Crippen molar-refractivity contribution in [3.8, 4) is 0 Å². The van der Waals surface area contributed by atoms with E-state index in [1.807, 2.05) is 19.1 Å². The molecule has 3 aromatic heterocycles. The number of nitrogens with zero attached hydrogens (tertiary/aromatic N) is 3. The lowest BCUT2D eigenvalue weighted by Crippen LogP contribution is -2.02. The standard InChI is InChI=1S/C11H10N4O2S2/c1-7-2-3-8(19-7)6-12-9-10(15(16)17)14-4-5-18-11(14)13-9/h2-5,12H,6H2,1H3. The maximum Gasteiger partial charge on any atom is 0.372 e. The van der Waals surface area contributed by atoms with Gasteiger partial charge in [0, 0.05) is 15.1 Å². The van der Waals surface area contributed by atoms with Crippen molar-refractivity contribution >= 4 is 39.3 Å². The van der Waals surface area contributed by atoms with Crippen LogP contribution in [-0.4, -0.2) is 14.3 Å². The van der Waals surface area contributed by atoms with Crippen LogP contribution < -0.4 is 5.32 Å². The first-order valence-corrected chi connectivity index (χ1v) is 7.24. The number of hydrogen-bond donors (Lipinski definition) is 1. The summed E-state index contributed by atoms with van der Waals surface area (Å²) in [6, 6.07) is 4.04. The van der Waals surface area contributed by atoms with E-state index in [4.69, 9.17) is 0 Å². The Hall–Kier alpha value is -1.93. The largest absolute Gasteiger partial charge is 0.372 e. The molecule has 3 rings (SSSR count). The van der Waals surface area contributed by atoms with Crippen LogP contribution in [0.5, 0.6) is 0 Å². The third kappa shape index (κ3) is 2.20. The second-order valence-electron chi connectivity index (χ2n) is 3.96. The van der Waals surface area contributed by atoms with Crippen LogP contribution in [0.2, 0.25) is 0 Å². The summed E-state index contributed by atoms with van der Waals surface area (Å²) in [6.07, 6.45) is 1.66. The Balaban J connectivity index is 1.89. The summed E-state index contributed by atoms with van der Waals surface area (Å²) >= 11 is 3.04. The quantitative estimate of drug-likeness (QED) is 0.592. The van der Waals surface area contributed by atoms with Gasteiger partial charge >= 0.3 is 5.82 Å². The van der Waals surface area contributed by atoms with E-state index in [1.54, 1.807) is 22.9 Å². The molecule has 0 bridgehead atoms. The summed E-state index contributed by atoms with van der Waals surface area (Å²) in [5, 5.41) is 15.9. The molecule has 0 aliphatic carbocycles. The minimum Gasteiger partial charge on any atom is -0.358 e. The summed E-state index contributed by atoms with van der Waals surface area (Å²) in [4.78, 5) is 17.9. The average molecular weight is 294 g/mol. The molecular weight excluding hydrogens is 284 g/mol. The molecule has 0 fully saturated rings. The maximum absolute atomic E-state index is 11.1. The summed E-state index contributed by atoms with van der Waals surface area (Å²) in [6.45, 7) is 2.58. The highest BCUT2D eigenvalue weighted by Crippen LogP contribution is 2.28. The van der Waals surface area contributed by atoms with Crippen LogP contribution >= 0.6 is 22.7 Å². The monoisotopic (exact) mass is 294 g/mol. The number of thiophene rings is 1. The Morgan fingerprint density at radius 3 is 3.05 bits per heavy atom. The molecule has 3 heterocycles. The average Bonchev–Trinajstić information content (AvgIpc) is 3.00. The molecule has 0 spiro atoms. The number of nitrogens with one attached hydrogen (secondary N) is 1. The van der Waals surface area contributed by atoms with E-state index in [0.29, 0.717) is 17.3 Å².